The van der Waals surface area contributed by atoms with Crippen molar-refractivity contribution in [1.82, 2.24) is 9.88 Å². The molecule has 2 saturated carbocycles. The number of pyridine rings is 1. The first-order chi connectivity index (χ1) is 15.3. The molecule has 32 heavy (non-hydrogen) atoms. The zero-order valence-electron chi connectivity index (χ0n) is 18.7. The highest BCUT2D eigenvalue weighted by atomic mass is 19.3. The number of halogens is 2. The largest absolute Gasteiger partial charge is 0.431 e. The fourth-order valence-electron chi connectivity index (χ4n) is 5.55. The lowest BCUT2D eigenvalue weighted by Gasteiger charge is -2.38. The minimum Gasteiger partial charge on any atom is -0.431 e. The summed E-state index contributed by atoms with van der Waals surface area (Å²) in [6.07, 6.45) is 6.85. The number of morpholine rings is 1. The molecule has 1 saturated heterocycles. The molecule has 1 aliphatic heterocycles. The summed E-state index contributed by atoms with van der Waals surface area (Å²) in [5.74, 6) is 1.33. The third-order valence-electron chi connectivity index (χ3n) is 6.86. The number of aliphatic imine (C=N–C) groups is 1. The van der Waals surface area contributed by atoms with Gasteiger partial charge in [-0.1, -0.05) is 0 Å². The van der Waals surface area contributed by atoms with Crippen LogP contribution in [0.25, 0.3) is 5.70 Å². The molecule has 1 aromatic heterocycles. The molecule has 4 N–H and O–H groups in total. The summed E-state index contributed by atoms with van der Waals surface area (Å²) >= 11 is 0. The number of anilines is 1. The van der Waals surface area contributed by atoms with Crippen molar-refractivity contribution in [3.05, 3.63) is 23.9 Å². The first-order valence-electron chi connectivity index (χ1n) is 11.4. The third kappa shape index (κ3) is 5.04. The molecule has 0 amide bonds. The van der Waals surface area contributed by atoms with E-state index in [2.05, 4.69) is 14.6 Å². The Hall–Kier alpha value is -2.26. The van der Waals surface area contributed by atoms with E-state index >= 15 is 0 Å². The summed E-state index contributed by atoms with van der Waals surface area (Å²) in [5.41, 5.74) is 13.9. The van der Waals surface area contributed by atoms with E-state index in [1.165, 1.54) is 25.1 Å². The van der Waals surface area contributed by atoms with Gasteiger partial charge in [0.05, 0.1) is 13.2 Å². The number of ether oxygens (including phenoxy) is 2. The van der Waals surface area contributed by atoms with Gasteiger partial charge in [0, 0.05) is 54.3 Å². The average Bonchev–Trinajstić information content (AvgIpc) is 3.36. The molecule has 4 unspecified atom stereocenters. The van der Waals surface area contributed by atoms with Gasteiger partial charge in [0.2, 0.25) is 0 Å². The number of hydrogen-bond donors (Lipinski definition) is 2. The predicted molar refractivity (Wildman–Crippen MR) is 121 cm³/mol. The topological polar surface area (TPSA) is 99.0 Å². The van der Waals surface area contributed by atoms with Crippen LogP contribution in [0.1, 0.15) is 38.7 Å². The maximum Gasteiger partial charge on any atom is 0.387 e. The van der Waals surface area contributed by atoms with E-state index in [0.29, 0.717) is 35.1 Å². The quantitative estimate of drug-likeness (QED) is 0.621. The number of rotatable bonds is 7. The van der Waals surface area contributed by atoms with Crippen LogP contribution >= 0.6 is 0 Å². The minimum absolute atomic E-state index is 0.0971. The van der Waals surface area contributed by atoms with Gasteiger partial charge in [0.25, 0.3) is 0 Å². The van der Waals surface area contributed by atoms with Crippen molar-refractivity contribution in [3.63, 3.8) is 0 Å². The van der Waals surface area contributed by atoms with Crippen molar-refractivity contribution in [2.75, 3.05) is 32.0 Å². The van der Waals surface area contributed by atoms with Gasteiger partial charge in [-0.2, -0.15) is 8.78 Å². The smallest absolute Gasteiger partial charge is 0.387 e. The van der Waals surface area contributed by atoms with Crippen LogP contribution in [0.3, 0.4) is 0 Å². The Morgan fingerprint density at radius 1 is 1.25 bits per heavy atom. The highest BCUT2D eigenvalue weighted by molar-refractivity contribution is 6.02. The second-order valence-electron chi connectivity index (χ2n) is 9.28. The van der Waals surface area contributed by atoms with E-state index in [1.807, 2.05) is 19.9 Å². The third-order valence-corrected chi connectivity index (χ3v) is 6.86. The first-order valence-corrected chi connectivity index (χ1v) is 11.4. The maximum absolute atomic E-state index is 12.7. The number of fused-ring (bicyclic) bond motifs is 2. The molecule has 2 aliphatic carbocycles. The number of aromatic nitrogens is 1. The van der Waals surface area contributed by atoms with Gasteiger partial charge >= 0.3 is 6.61 Å². The summed E-state index contributed by atoms with van der Waals surface area (Å²) in [5, 5.41) is 0. The number of nitrogens with zero attached hydrogens (tertiary/aromatic N) is 3. The predicted octanol–water partition coefficient (Wildman–Crippen LogP) is 3.16. The Kier molecular flexibility index (Phi) is 6.95. The van der Waals surface area contributed by atoms with E-state index in [9.17, 15) is 8.78 Å². The minimum atomic E-state index is -2.98. The fourth-order valence-corrected chi connectivity index (χ4v) is 5.55. The molecular formula is C23H33F2N5O2. The normalized spacial score (nSPS) is 29.3. The Morgan fingerprint density at radius 3 is 2.62 bits per heavy atom. The van der Waals surface area contributed by atoms with Crippen LogP contribution in [-0.4, -0.2) is 60.6 Å². The monoisotopic (exact) mass is 449 g/mol. The average molecular weight is 450 g/mol. The summed E-state index contributed by atoms with van der Waals surface area (Å²) in [6.45, 7) is 4.80. The van der Waals surface area contributed by atoms with Crippen LogP contribution in [0, 0.1) is 17.8 Å². The zero-order chi connectivity index (χ0) is 22.8. The van der Waals surface area contributed by atoms with Crippen molar-refractivity contribution in [2.24, 2.45) is 28.5 Å². The number of allylic oxidation sites excluding steroid dienone is 1. The van der Waals surface area contributed by atoms with E-state index in [1.54, 1.807) is 0 Å². The lowest BCUT2D eigenvalue weighted by molar-refractivity contribution is -0.0495. The van der Waals surface area contributed by atoms with Crippen molar-refractivity contribution in [2.45, 2.75) is 51.8 Å². The molecule has 2 bridgehead atoms. The van der Waals surface area contributed by atoms with Crippen molar-refractivity contribution >= 4 is 17.2 Å². The van der Waals surface area contributed by atoms with Gasteiger partial charge in [0.15, 0.2) is 11.6 Å². The summed E-state index contributed by atoms with van der Waals surface area (Å²) in [4.78, 5) is 11.5. The summed E-state index contributed by atoms with van der Waals surface area (Å²) in [6, 6.07) is 2.17. The molecule has 9 heteroatoms. The molecule has 0 radical (unpaired) electrons. The zero-order valence-corrected chi connectivity index (χ0v) is 18.7. The van der Waals surface area contributed by atoms with Gasteiger partial charge in [-0.3, -0.25) is 9.89 Å². The molecular weight excluding hydrogens is 416 g/mol. The van der Waals surface area contributed by atoms with Crippen molar-refractivity contribution in [1.29, 1.82) is 0 Å². The highest BCUT2D eigenvalue weighted by Gasteiger charge is 2.49. The molecule has 4 atom stereocenters. The number of hydrogen-bond acceptors (Lipinski definition) is 7. The van der Waals surface area contributed by atoms with Crippen LogP contribution in [0.5, 0.6) is 5.75 Å². The van der Waals surface area contributed by atoms with Gasteiger partial charge in [-0.25, -0.2) is 4.98 Å². The number of nitrogens with two attached hydrogens (primary N) is 2. The van der Waals surface area contributed by atoms with Gasteiger partial charge in [-0.15, -0.1) is 0 Å². The number of alkyl halides is 2. The van der Waals surface area contributed by atoms with Crippen molar-refractivity contribution in [3.8, 4) is 5.75 Å². The standard InChI is InChI=1S/C23H33F2N5O2/c1-13(2)29-19(11-18(26)16-10-21(32-23(24)25)22(27)28-12-16)17-8-15-7-14(17)9-20(15)30-3-5-31-6-4-30/h10-15,17,20,23H,3-9,26H2,1-2H3,(H2,27,28). The molecule has 2 heterocycles. The van der Waals surface area contributed by atoms with Crippen LogP contribution in [0.15, 0.2) is 23.3 Å². The van der Waals surface area contributed by atoms with E-state index in [4.69, 9.17) is 21.2 Å². The SMILES string of the molecule is CC(C)N=C(C=C(N)c1cnc(N)c(OC(F)F)c1)C1CC2CC1CC2N1CCOCC1. The lowest BCUT2D eigenvalue weighted by Crippen LogP contribution is -2.46. The van der Waals surface area contributed by atoms with Crippen LogP contribution < -0.4 is 16.2 Å². The highest BCUT2D eigenvalue weighted by Crippen LogP contribution is 2.51. The molecule has 3 fully saturated rings. The summed E-state index contributed by atoms with van der Waals surface area (Å²) < 4.78 is 35.3. The molecule has 1 aromatic rings. The van der Waals surface area contributed by atoms with E-state index in [-0.39, 0.29) is 17.6 Å². The van der Waals surface area contributed by atoms with Crippen molar-refractivity contribution < 1.29 is 18.3 Å². The maximum atomic E-state index is 12.7. The lowest BCUT2D eigenvalue weighted by atomic mass is 9.81. The fraction of sp³-hybridized carbons (Fsp3) is 0.652. The number of nitrogen functional groups attached to an aromatic ring is 1. The Morgan fingerprint density at radius 2 is 2.00 bits per heavy atom. The molecule has 4 rings (SSSR count). The molecule has 3 aliphatic rings. The second kappa shape index (κ2) is 9.70. The van der Waals surface area contributed by atoms with Gasteiger partial charge in [-0.05, 0) is 57.1 Å². The van der Waals surface area contributed by atoms with Crippen LogP contribution in [-0.2, 0) is 4.74 Å². The first kappa shape index (κ1) is 22.9. The van der Waals surface area contributed by atoms with E-state index in [0.717, 1.165) is 38.4 Å². The Bertz CT molecular complexity index is 870. The van der Waals surface area contributed by atoms with Gasteiger partial charge in [0.1, 0.15) is 0 Å². The Balaban J connectivity index is 1.52. The second-order valence-corrected chi connectivity index (χ2v) is 9.28. The summed E-state index contributed by atoms with van der Waals surface area (Å²) in [7, 11) is 0. The molecule has 7 nitrogen and oxygen atoms in total. The van der Waals surface area contributed by atoms with E-state index < -0.39 is 6.61 Å². The molecule has 0 spiro atoms. The Labute approximate surface area is 187 Å². The molecule has 176 valence electrons. The van der Waals surface area contributed by atoms with Crippen LogP contribution in [0.4, 0.5) is 14.6 Å². The van der Waals surface area contributed by atoms with Gasteiger partial charge < -0.3 is 20.9 Å². The molecule has 0 aromatic carbocycles. The van der Waals surface area contributed by atoms with Crippen LogP contribution in [0.2, 0.25) is 0 Å².